The van der Waals surface area contributed by atoms with Gasteiger partial charge in [-0.15, -0.1) is 0 Å². The normalized spacial score (nSPS) is 10.3. The molecule has 0 atom stereocenters. The molecule has 2 aromatic carbocycles. The van der Waals surface area contributed by atoms with E-state index in [0.717, 1.165) is 18.2 Å². The Hall–Kier alpha value is -2.64. The highest BCUT2D eigenvalue weighted by Gasteiger charge is 2.15. The Morgan fingerprint density at radius 2 is 1.43 bits per heavy atom. The van der Waals surface area contributed by atoms with E-state index >= 15 is 0 Å². The van der Waals surface area contributed by atoms with E-state index in [0.29, 0.717) is 12.1 Å². The Bertz CT molecular complexity index is 705. The molecule has 2 aromatic rings. The van der Waals surface area contributed by atoms with Gasteiger partial charge in [0.2, 0.25) is 0 Å². The minimum absolute atomic E-state index is 0.102. The molecule has 0 radical (unpaired) electrons. The molecule has 0 bridgehead atoms. The summed E-state index contributed by atoms with van der Waals surface area (Å²) in [5, 5.41) is 3.99. The molecule has 2 N–H and O–H groups in total. The summed E-state index contributed by atoms with van der Waals surface area (Å²) in [6, 6.07) is 2.97. The highest BCUT2D eigenvalue weighted by molar-refractivity contribution is 5.99. The molecule has 3 nitrogen and oxygen atoms in total. The van der Waals surface area contributed by atoms with Crippen molar-refractivity contribution in [1.29, 1.82) is 0 Å². The molecule has 0 saturated heterocycles. The summed E-state index contributed by atoms with van der Waals surface area (Å²) in [6.45, 7) is 0. The Labute approximate surface area is 115 Å². The molecular formula is C13H7F5N2O. The monoisotopic (exact) mass is 302 g/mol. The molecule has 8 heteroatoms. The smallest absolute Gasteiger partial charge is 0.308 e. The van der Waals surface area contributed by atoms with E-state index in [1.165, 1.54) is 0 Å². The molecule has 21 heavy (non-hydrogen) atoms. The Morgan fingerprint density at radius 3 is 2.10 bits per heavy atom. The van der Waals surface area contributed by atoms with E-state index in [9.17, 15) is 26.7 Å². The van der Waals surface area contributed by atoms with Crippen LogP contribution in [0.1, 0.15) is 0 Å². The predicted molar refractivity (Wildman–Crippen MR) is 65.3 cm³/mol. The summed E-state index contributed by atoms with van der Waals surface area (Å²) in [6.07, 6.45) is 0. The first-order valence-corrected chi connectivity index (χ1v) is 5.55. The van der Waals surface area contributed by atoms with E-state index < -0.39 is 40.8 Å². The van der Waals surface area contributed by atoms with Crippen LogP contribution in [-0.4, -0.2) is 6.03 Å². The summed E-state index contributed by atoms with van der Waals surface area (Å²) in [5.41, 5.74) is -0.705. The first-order valence-electron chi connectivity index (χ1n) is 5.55. The highest BCUT2D eigenvalue weighted by Crippen LogP contribution is 2.20. The average Bonchev–Trinajstić information content (AvgIpc) is 2.44. The minimum Gasteiger partial charge on any atom is -0.308 e. The highest BCUT2D eigenvalue weighted by atomic mass is 19.2. The summed E-state index contributed by atoms with van der Waals surface area (Å²) in [4.78, 5) is 11.5. The second-order valence-electron chi connectivity index (χ2n) is 3.93. The fourth-order valence-electron chi connectivity index (χ4n) is 1.48. The quantitative estimate of drug-likeness (QED) is 0.638. The van der Waals surface area contributed by atoms with Gasteiger partial charge < -0.3 is 10.6 Å². The number of carbonyl (C=O) groups is 1. The minimum atomic E-state index is -1.74. The number of benzene rings is 2. The van der Waals surface area contributed by atoms with Crippen LogP contribution in [0, 0.1) is 29.1 Å². The number of rotatable bonds is 2. The fourth-order valence-corrected chi connectivity index (χ4v) is 1.48. The van der Waals surface area contributed by atoms with Gasteiger partial charge in [-0.05, 0) is 24.3 Å². The van der Waals surface area contributed by atoms with Crippen LogP contribution in [0.3, 0.4) is 0 Å². The van der Waals surface area contributed by atoms with E-state index in [1.807, 2.05) is 5.32 Å². The van der Waals surface area contributed by atoms with Crippen molar-refractivity contribution in [3.8, 4) is 0 Å². The van der Waals surface area contributed by atoms with Gasteiger partial charge in [0.25, 0.3) is 0 Å². The zero-order valence-corrected chi connectivity index (χ0v) is 10.2. The van der Waals surface area contributed by atoms with Gasteiger partial charge in [0.15, 0.2) is 29.1 Å². The number of halogens is 5. The first kappa shape index (κ1) is 14.8. The Kier molecular flexibility index (Phi) is 4.06. The number of nitrogens with one attached hydrogen (secondary N) is 2. The van der Waals surface area contributed by atoms with Crippen LogP contribution in [0.2, 0.25) is 0 Å². The zero-order chi connectivity index (χ0) is 15.6. The van der Waals surface area contributed by atoms with Crippen molar-refractivity contribution in [2.45, 2.75) is 0 Å². The SMILES string of the molecule is O=C(Nc1ccc(F)c(F)c1)Nc1ccc(F)c(F)c1F. The van der Waals surface area contributed by atoms with E-state index in [2.05, 4.69) is 5.32 Å². The topological polar surface area (TPSA) is 41.1 Å². The molecule has 0 fully saturated rings. The summed E-state index contributed by atoms with van der Waals surface area (Å²) in [5.74, 6) is -7.01. The Morgan fingerprint density at radius 1 is 0.762 bits per heavy atom. The van der Waals surface area contributed by atoms with Gasteiger partial charge in [-0.25, -0.2) is 26.7 Å². The van der Waals surface area contributed by atoms with E-state index in [4.69, 9.17) is 0 Å². The molecule has 0 aliphatic carbocycles. The molecule has 2 amide bonds. The number of amides is 2. The lowest BCUT2D eigenvalue weighted by molar-refractivity contribution is 0.262. The number of anilines is 2. The number of hydrogen-bond donors (Lipinski definition) is 2. The summed E-state index contributed by atoms with van der Waals surface area (Å²) in [7, 11) is 0. The van der Waals surface area contributed by atoms with Gasteiger partial charge >= 0.3 is 6.03 Å². The number of hydrogen-bond acceptors (Lipinski definition) is 1. The van der Waals surface area contributed by atoms with Gasteiger partial charge in [0.05, 0.1) is 5.69 Å². The summed E-state index contributed by atoms with van der Waals surface area (Å²) >= 11 is 0. The van der Waals surface area contributed by atoms with Gasteiger partial charge in [-0.1, -0.05) is 0 Å². The van der Waals surface area contributed by atoms with Crippen LogP contribution >= 0.6 is 0 Å². The third kappa shape index (κ3) is 3.28. The molecule has 2 rings (SSSR count). The van der Waals surface area contributed by atoms with Crippen LogP contribution < -0.4 is 10.6 Å². The fraction of sp³-hybridized carbons (Fsp3) is 0. The second-order valence-corrected chi connectivity index (χ2v) is 3.93. The lowest BCUT2D eigenvalue weighted by atomic mass is 10.3. The summed E-state index contributed by atoms with van der Waals surface area (Å²) < 4.78 is 64.6. The van der Waals surface area contributed by atoms with Crippen LogP contribution in [0.4, 0.5) is 38.1 Å². The van der Waals surface area contributed by atoms with Crippen LogP contribution in [-0.2, 0) is 0 Å². The molecule has 0 saturated carbocycles. The van der Waals surface area contributed by atoms with Gasteiger partial charge in [0.1, 0.15) is 0 Å². The van der Waals surface area contributed by atoms with Crippen molar-refractivity contribution in [2.75, 3.05) is 10.6 Å². The maximum Gasteiger partial charge on any atom is 0.323 e. The molecule has 0 unspecified atom stereocenters. The maximum absolute atomic E-state index is 13.3. The van der Waals surface area contributed by atoms with Gasteiger partial charge in [-0.3, -0.25) is 0 Å². The molecule has 110 valence electrons. The third-order valence-corrected chi connectivity index (χ3v) is 2.46. The molecule has 0 aliphatic heterocycles. The van der Waals surface area contributed by atoms with Crippen molar-refractivity contribution >= 4 is 17.4 Å². The average molecular weight is 302 g/mol. The first-order chi connectivity index (χ1) is 9.88. The molecule has 0 aliphatic rings. The van der Waals surface area contributed by atoms with Crippen molar-refractivity contribution in [2.24, 2.45) is 0 Å². The third-order valence-electron chi connectivity index (χ3n) is 2.46. The van der Waals surface area contributed by atoms with E-state index in [1.54, 1.807) is 0 Å². The van der Waals surface area contributed by atoms with Crippen molar-refractivity contribution in [3.05, 3.63) is 59.4 Å². The zero-order valence-electron chi connectivity index (χ0n) is 10.2. The van der Waals surface area contributed by atoms with Crippen LogP contribution in [0.25, 0.3) is 0 Å². The van der Waals surface area contributed by atoms with Crippen molar-refractivity contribution < 1.29 is 26.7 Å². The van der Waals surface area contributed by atoms with Crippen molar-refractivity contribution in [1.82, 2.24) is 0 Å². The second kappa shape index (κ2) is 5.78. The molecular weight excluding hydrogens is 295 g/mol. The van der Waals surface area contributed by atoms with Crippen molar-refractivity contribution in [3.63, 3.8) is 0 Å². The lowest BCUT2D eigenvalue weighted by Crippen LogP contribution is -2.20. The van der Waals surface area contributed by atoms with Gasteiger partial charge in [0, 0.05) is 11.8 Å². The Balaban J connectivity index is 2.12. The standard InChI is InChI=1S/C13H7F5N2O/c14-7-2-1-6(5-9(7)16)19-13(21)20-10-4-3-8(15)11(17)12(10)18/h1-5H,(H2,19,20,21). The number of carbonyl (C=O) groups excluding carboxylic acids is 1. The lowest BCUT2D eigenvalue weighted by Gasteiger charge is -2.09. The molecule has 0 heterocycles. The van der Waals surface area contributed by atoms with Gasteiger partial charge in [-0.2, -0.15) is 0 Å². The van der Waals surface area contributed by atoms with E-state index in [-0.39, 0.29) is 5.69 Å². The van der Waals surface area contributed by atoms with Crippen LogP contribution in [0.15, 0.2) is 30.3 Å². The predicted octanol–water partition coefficient (Wildman–Crippen LogP) is 4.03. The molecule has 0 spiro atoms. The van der Waals surface area contributed by atoms with Crippen LogP contribution in [0.5, 0.6) is 0 Å². The largest absolute Gasteiger partial charge is 0.323 e. The molecule has 0 aromatic heterocycles. The maximum atomic E-state index is 13.3. The number of urea groups is 1.